The molecule has 6 nitrogen and oxygen atoms in total. The van der Waals surface area contributed by atoms with Crippen molar-refractivity contribution in [1.29, 1.82) is 0 Å². The lowest BCUT2D eigenvalue weighted by Crippen LogP contribution is -2.59. The monoisotopic (exact) mass is 579 g/mol. The summed E-state index contributed by atoms with van der Waals surface area (Å²) in [6, 6.07) is 17.3. The molecule has 3 aromatic rings. The zero-order chi connectivity index (χ0) is 26.9. The van der Waals surface area contributed by atoms with Crippen molar-refractivity contribution in [1.82, 2.24) is 4.90 Å². The summed E-state index contributed by atoms with van der Waals surface area (Å²) in [5.41, 5.74) is 1.27. The number of ketones is 1. The molecule has 1 heterocycles. The largest absolute Gasteiger partial charge is 0.465 e. The van der Waals surface area contributed by atoms with Crippen molar-refractivity contribution in [3.63, 3.8) is 0 Å². The van der Waals surface area contributed by atoms with E-state index in [0.717, 1.165) is 0 Å². The number of carbonyl (C=O) groups excluding carboxylic acids is 2. The Morgan fingerprint density at radius 3 is 1.59 bits per heavy atom. The molecule has 0 spiro atoms. The zero-order valence-electron chi connectivity index (χ0n) is 20.0. The molecular formula is C27H24Cl3NO5S. The molecule has 0 amide bonds. The average Bonchev–Trinajstić information content (AvgIpc) is 2.86. The third-order valence-electron chi connectivity index (χ3n) is 6.49. The van der Waals surface area contributed by atoms with Crippen LogP contribution in [0, 0.1) is 0 Å². The number of halogens is 3. The molecule has 1 fully saturated rings. The van der Waals surface area contributed by atoms with Crippen LogP contribution in [0.3, 0.4) is 0 Å². The highest BCUT2D eigenvalue weighted by molar-refractivity contribution is 7.94. The molecule has 3 aromatic carbocycles. The van der Waals surface area contributed by atoms with Crippen molar-refractivity contribution in [2.24, 2.45) is 0 Å². The number of hydrogen-bond acceptors (Lipinski definition) is 6. The summed E-state index contributed by atoms with van der Waals surface area (Å²) in [6.07, 6.45) is 0. The second kappa shape index (κ2) is 11.1. The molecule has 0 unspecified atom stereocenters. The minimum Gasteiger partial charge on any atom is -0.465 e. The Kier molecular flexibility index (Phi) is 8.31. The van der Waals surface area contributed by atoms with Crippen LogP contribution in [0.25, 0.3) is 0 Å². The van der Waals surface area contributed by atoms with Crippen LogP contribution in [0.2, 0.25) is 15.1 Å². The van der Waals surface area contributed by atoms with Gasteiger partial charge in [-0.2, -0.15) is 0 Å². The van der Waals surface area contributed by atoms with Crippen LogP contribution in [-0.2, 0) is 19.4 Å². The van der Waals surface area contributed by atoms with Gasteiger partial charge in [0.2, 0.25) is 0 Å². The highest BCUT2D eigenvalue weighted by Crippen LogP contribution is 2.46. The number of sulfone groups is 1. The predicted octanol–water partition coefficient (Wildman–Crippen LogP) is 5.97. The second-order valence-electron chi connectivity index (χ2n) is 8.71. The van der Waals surface area contributed by atoms with Gasteiger partial charge in [-0.05, 0) is 73.6 Å². The lowest BCUT2D eigenvalue weighted by Gasteiger charge is -2.47. The predicted molar refractivity (Wildman–Crippen MR) is 145 cm³/mol. The van der Waals surface area contributed by atoms with Gasteiger partial charge in [0.15, 0.2) is 20.9 Å². The van der Waals surface area contributed by atoms with Gasteiger partial charge in [-0.1, -0.05) is 59.1 Å². The van der Waals surface area contributed by atoms with Crippen molar-refractivity contribution in [2.45, 2.75) is 29.5 Å². The molecule has 37 heavy (non-hydrogen) atoms. The standard InChI is InChI=1S/C27H24Cl3NO5S/c1-3-36-27(33)26-23(17-6-12-20(29)13-7-17)31(2)22(16-4-10-19(28)11-5-16)25(37(26,34)35)24(32)18-8-14-21(30)15-9-18/h4-15,22-23,25-26H,3H2,1-2H3/t22-,23+,25+,26-/m1/s1. The molecule has 0 radical (unpaired) electrons. The Morgan fingerprint density at radius 1 is 0.757 bits per heavy atom. The highest BCUT2D eigenvalue weighted by atomic mass is 35.5. The Hall–Kier alpha value is -2.42. The number of rotatable bonds is 6. The maximum absolute atomic E-state index is 14.3. The summed E-state index contributed by atoms with van der Waals surface area (Å²) >= 11 is 18.2. The van der Waals surface area contributed by atoms with E-state index in [1.54, 1.807) is 67.4 Å². The molecule has 1 aliphatic heterocycles. The van der Waals surface area contributed by atoms with Gasteiger partial charge in [0.05, 0.1) is 18.7 Å². The summed E-state index contributed by atoms with van der Waals surface area (Å²) in [4.78, 5) is 28.9. The van der Waals surface area contributed by atoms with Crippen LogP contribution in [0.15, 0.2) is 72.8 Å². The third-order valence-corrected chi connectivity index (χ3v) is 9.58. The Labute approximate surface area is 231 Å². The molecule has 4 atom stereocenters. The van der Waals surface area contributed by atoms with Crippen molar-refractivity contribution in [3.05, 3.63) is 105 Å². The first-order valence-corrected chi connectivity index (χ1v) is 14.2. The number of ether oxygens (including phenoxy) is 1. The average molecular weight is 581 g/mol. The van der Waals surface area contributed by atoms with E-state index in [4.69, 9.17) is 39.5 Å². The van der Waals surface area contributed by atoms with E-state index in [-0.39, 0.29) is 12.2 Å². The molecule has 0 N–H and O–H groups in total. The normalized spacial score (nSPS) is 23.4. The van der Waals surface area contributed by atoms with Crippen LogP contribution < -0.4 is 0 Å². The van der Waals surface area contributed by atoms with Gasteiger partial charge >= 0.3 is 5.97 Å². The smallest absolute Gasteiger partial charge is 0.326 e. The molecule has 4 rings (SSSR count). The van der Waals surface area contributed by atoms with E-state index < -0.39 is 44.2 Å². The van der Waals surface area contributed by atoms with E-state index in [0.29, 0.717) is 26.2 Å². The fourth-order valence-corrected chi connectivity index (χ4v) is 7.70. The molecule has 0 aromatic heterocycles. The van der Waals surface area contributed by atoms with Gasteiger partial charge in [-0.3, -0.25) is 14.5 Å². The summed E-state index contributed by atoms with van der Waals surface area (Å²) in [6.45, 7) is 1.58. The quantitative estimate of drug-likeness (QED) is 0.264. The van der Waals surface area contributed by atoms with Crippen LogP contribution >= 0.6 is 34.8 Å². The van der Waals surface area contributed by atoms with E-state index in [1.807, 2.05) is 0 Å². The maximum atomic E-state index is 14.3. The van der Waals surface area contributed by atoms with Crippen LogP contribution in [0.5, 0.6) is 0 Å². The van der Waals surface area contributed by atoms with Crippen LogP contribution in [-0.4, -0.2) is 49.2 Å². The molecule has 1 saturated heterocycles. The maximum Gasteiger partial charge on any atom is 0.326 e. The second-order valence-corrected chi connectivity index (χ2v) is 12.2. The van der Waals surface area contributed by atoms with Gasteiger partial charge in [-0.15, -0.1) is 0 Å². The van der Waals surface area contributed by atoms with Crippen molar-refractivity contribution >= 4 is 56.4 Å². The first-order valence-electron chi connectivity index (χ1n) is 11.5. The number of esters is 1. The lowest BCUT2D eigenvalue weighted by molar-refractivity contribution is -0.144. The highest BCUT2D eigenvalue weighted by Gasteiger charge is 2.58. The number of Topliss-reactive ketones (excluding diaryl/α,β-unsaturated/α-hetero) is 1. The van der Waals surface area contributed by atoms with Gasteiger partial charge in [0.1, 0.15) is 5.25 Å². The van der Waals surface area contributed by atoms with E-state index >= 15 is 0 Å². The lowest BCUT2D eigenvalue weighted by atomic mass is 9.91. The Morgan fingerprint density at radius 2 is 1.16 bits per heavy atom. The first-order chi connectivity index (χ1) is 17.6. The number of nitrogens with zero attached hydrogens (tertiary/aromatic N) is 1. The van der Waals surface area contributed by atoms with Gasteiger partial charge in [0.25, 0.3) is 0 Å². The Balaban J connectivity index is 1.96. The zero-order valence-corrected chi connectivity index (χ0v) is 23.1. The molecule has 10 heteroatoms. The minimum atomic E-state index is -4.46. The van der Waals surface area contributed by atoms with Gasteiger partial charge < -0.3 is 4.74 Å². The van der Waals surface area contributed by atoms with E-state index in [1.165, 1.54) is 24.3 Å². The summed E-state index contributed by atoms with van der Waals surface area (Å²) < 4.78 is 33.9. The molecule has 0 aliphatic carbocycles. The fraction of sp³-hybridized carbons (Fsp3) is 0.259. The summed E-state index contributed by atoms with van der Waals surface area (Å²) in [5, 5.41) is -1.92. The third kappa shape index (κ3) is 5.42. The SMILES string of the molecule is CCOC(=O)[C@H]1[C@H](c2ccc(Cl)cc2)N(C)[C@H](c2ccc(Cl)cc2)[C@@H](C(=O)c2ccc(Cl)cc2)S1(=O)=O. The summed E-state index contributed by atoms with van der Waals surface area (Å²) in [7, 11) is -2.76. The van der Waals surface area contributed by atoms with Gasteiger partial charge in [-0.25, -0.2) is 8.42 Å². The van der Waals surface area contributed by atoms with E-state index in [9.17, 15) is 18.0 Å². The Bertz CT molecular complexity index is 1390. The van der Waals surface area contributed by atoms with Crippen LogP contribution in [0.4, 0.5) is 0 Å². The van der Waals surface area contributed by atoms with Crippen molar-refractivity contribution in [3.8, 4) is 0 Å². The molecule has 1 aliphatic rings. The number of hydrogen-bond donors (Lipinski definition) is 0. The minimum absolute atomic E-state index is 0.0156. The number of benzene rings is 3. The fourth-order valence-electron chi connectivity index (χ4n) is 4.82. The topological polar surface area (TPSA) is 80.8 Å². The first kappa shape index (κ1) is 27.6. The van der Waals surface area contributed by atoms with Crippen LogP contribution in [0.1, 0.15) is 40.5 Å². The van der Waals surface area contributed by atoms with Crippen molar-refractivity contribution in [2.75, 3.05) is 13.7 Å². The molecule has 0 saturated carbocycles. The summed E-state index contributed by atoms with van der Waals surface area (Å²) in [5.74, 6) is -1.56. The van der Waals surface area contributed by atoms with Gasteiger partial charge in [0, 0.05) is 20.6 Å². The molecular weight excluding hydrogens is 557 g/mol. The van der Waals surface area contributed by atoms with E-state index in [2.05, 4.69) is 0 Å². The van der Waals surface area contributed by atoms with Crippen molar-refractivity contribution < 1.29 is 22.7 Å². The molecule has 0 bridgehead atoms. The number of carbonyl (C=O) groups is 2. The molecule has 194 valence electrons.